The Morgan fingerprint density at radius 3 is 2.62 bits per heavy atom. The molecule has 10 heteroatoms. The number of likely N-dealkylation sites (N-methyl/N-ethyl adjacent to an activating group) is 1. The molecule has 0 unspecified atom stereocenters. The van der Waals surface area contributed by atoms with Crippen molar-refractivity contribution in [2.75, 3.05) is 39.2 Å². The van der Waals surface area contributed by atoms with E-state index >= 15 is 0 Å². The lowest BCUT2D eigenvalue weighted by Gasteiger charge is -2.21. The van der Waals surface area contributed by atoms with Crippen molar-refractivity contribution in [3.8, 4) is 17.2 Å². The van der Waals surface area contributed by atoms with E-state index < -0.39 is 30.1 Å². The van der Waals surface area contributed by atoms with Gasteiger partial charge in [0.25, 0.3) is 0 Å². The summed E-state index contributed by atoms with van der Waals surface area (Å²) in [7, 11) is 2.85. The summed E-state index contributed by atoms with van der Waals surface area (Å²) in [6, 6.07) is 7.97. The van der Waals surface area contributed by atoms with Crippen LogP contribution in [0.3, 0.4) is 0 Å². The second-order valence-electron chi connectivity index (χ2n) is 6.87. The molecule has 0 spiro atoms. The fraction of sp³-hybridized carbons (Fsp3) is 0.273. The molecule has 0 saturated heterocycles. The molecule has 1 N–H and O–H groups in total. The monoisotopic (exact) mass is 450 g/mol. The van der Waals surface area contributed by atoms with Crippen LogP contribution in [0.2, 0.25) is 0 Å². The van der Waals surface area contributed by atoms with Crippen molar-refractivity contribution in [1.82, 2.24) is 4.90 Å². The maximum atomic E-state index is 13.1. The Labute approximate surface area is 182 Å². The average molecular weight is 450 g/mol. The van der Waals surface area contributed by atoms with Crippen LogP contribution in [-0.2, 0) is 15.8 Å². The zero-order valence-electron chi connectivity index (χ0n) is 17.4. The third-order valence-electron chi connectivity index (χ3n) is 4.53. The molecule has 0 bridgehead atoms. The number of anilines is 1. The number of hydrogen-bond acceptors (Lipinski definition) is 5. The van der Waals surface area contributed by atoms with Gasteiger partial charge in [0.2, 0.25) is 17.6 Å². The standard InChI is InChI=1S/C22H21F3N2O5/c1-27(13-19(28)26-16-6-4-3-5-15(16)22(23,24)25)20(29)8-7-14-11-17(30-2)21-18(12-14)31-9-10-32-21/h3-8,11-12H,9-10,13H2,1-2H3,(H,26,28). The SMILES string of the molecule is COc1cc(C=CC(=O)N(C)CC(=O)Nc2ccccc2C(F)(F)F)cc2c1OCCO2. The molecule has 170 valence electrons. The molecule has 2 amide bonds. The zero-order valence-corrected chi connectivity index (χ0v) is 17.4. The van der Waals surface area contributed by atoms with Crippen LogP contribution in [0.4, 0.5) is 18.9 Å². The lowest BCUT2D eigenvalue weighted by molar-refractivity contribution is -0.137. The number of halogens is 3. The third-order valence-corrected chi connectivity index (χ3v) is 4.53. The number of fused-ring (bicyclic) bond motifs is 1. The number of alkyl halides is 3. The lowest BCUT2D eigenvalue weighted by atomic mass is 10.1. The number of para-hydroxylation sites is 1. The zero-order chi connectivity index (χ0) is 23.3. The minimum Gasteiger partial charge on any atom is -0.493 e. The van der Waals surface area contributed by atoms with E-state index in [4.69, 9.17) is 14.2 Å². The fourth-order valence-corrected chi connectivity index (χ4v) is 3.01. The first-order chi connectivity index (χ1) is 15.2. The first kappa shape index (κ1) is 23.0. The quantitative estimate of drug-likeness (QED) is 0.681. The molecule has 0 saturated carbocycles. The summed E-state index contributed by atoms with van der Waals surface area (Å²) >= 11 is 0. The highest BCUT2D eigenvalue weighted by atomic mass is 19.4. The molecular weight excluding hydrogens is 429 g/mol. The minimum absolute atomic E-state index is 0.371. The number of nitrogens with zero attached hydrogens (tertiary/aromatic N) is 1. The summed E-state index contributed by atoms with van der Waals surface area (Å²) in [4.78, 5) is 25.6. The molecule has 1 aliphatic heterocycles. The van der Waals surface area contributed by atoms with Gasteiger partial charge in [-0.2, -0.15) is 13.2 Å². The highest BCUT2D eigenvalue weighted by molar-refractivity contribution is 5.98. The number of amides is 2. The van der Waals surface area contributed by atoms with Crippen LogP contribution in [0.15, 0.2) is 42.5 Å². The highest BCUT2D eigenvalue weighted by Crippen LogP contribution is 2.40. The maximum absolute atomic E-state index is 13.1. The van der Waals surface area contributed by atoms with E-state index in [0.29, 0.717) is 36.0 Å². The average Bonchev–Trinajstić information content (AvgIpc) is 2.76. The Hall–Kier alpha value is -3.69. The van der Waals surface area contributed by atoms with Crippen LogP contribution < -0.4 is 19.5 Å². The first-order valence-electron chi connectivity index (χ1n) is 9.56. The Bertz CT molecular complexity index is 1020. The normalized spacial score (nSPS) is 13.0. The number of hydrogen-bond donors (Lipinski definition) is 1. The minimum atomic E-state index is -4.61. The first-order valence-corrected chi connectivity index (χ1v) is 9.56. The topological polar surface area (TPSA) is 77.1 Å². The molecular formula is C22H21F3N2O5. The Balaban J connectivity index is 1.64. The summed E-state index contributed by atoms with van der Waals surface area (Å²) in [5, 5.41) is 2.20. The van der Waals surface area contributed by atoms with Gasteiger partial charge in [-0.15, -0.1) is 0 Å². The van der Waals surface area contributed by atoms with Crippen LogP contribution in [0, 0.1) is 0 Å². The molecule has 0 atom stereocenters. The van der Waals surface area contributed by atoms with Crippen molar-refractivity contribution < 1.29 is 37.0 Å². The largest absolute Gasteiger partial charge is 0.493 e. The molecule has 32 heavy (non-hydrogen) atoms. The Morgan fingerprint density at radius 2 is 1.91 bits per heavy atom. The summed E-state index contributed by atoms with van der Waals surface area (Å²) in [5.74, 6) is 0.143. The second-order valence-corrected chi connectivity index (χ2v) is 6.87. The third kappa shape index (κ3) is 5.51. The lowest BCUT2D eigenvalue weighted by Crippen LogP contribution is -2.34. The van der Waals surface area contributed by atoms with E-state index in [2.05, 4.69) is 5.32 Å². The van der Waals surface area contributed by atoms with Crippen LogP contribution in [0.1, 0.15) is 11.1 Å². The van der Waals surface area contributed by atoms with Crippen LogP contribution in [-0.4, -0.2) is 50.6 Å². The van der Waals surface area contributed by atoms with Crippen molar-refractivity contribution >= 4 is 23.6 Å². The van der Waals surface area contributed by atoms with Gasteiger partial charge in [0.15, 0.2) is 11.5 Å². The molecule has 0 fully saturated rings. The van der Waals surface area contributed by atoms with Crippen LogP contribution in [0.5, 0.6) is 17.2 Å². The molecule has 1 aliphatic rings. The summed E-state index contributed by atoms with van der Waals surface area (Å²) in [6.45, 7) is 0.356. The van der Waals surface area contributed by atoms with E-state index in [1.807, 2.05) is 0 Å². The molecule has 7 nitrogen and oxygen atoms in total. The van der Waals surface area contributed by atoms with Crippen molar-refractivity contribution in [3.63, 3.8) is 0 Å². The van der Waals surface area contributed by atoms with E-state index in [-0.39, 0.29) is 5.69 Å². The van der Waals surface area contributed by atoms with Gasteiger partial charge < -0.3 is 24.4 Å². The summed E-state index contributed by atoms with van der Waals surface area (Å²) < 4.78 is 55.5. The second kappa shape index (κ2) is 9.63. The van der Waals surface area contributed by atoms with E-state index in [1.54, 1.807) is 12.1 Å². The van der Waals surface area contributed by atoms with Gasteiger partial charge in [0.1, 0.15) is 13.2 Å². The van der Waals surface area contributed by atoms with Crippen molar-refractivity contribution in [2.45, 2.75) is 6.18 Å². The van der Waals surface area contributed by atoms with E-state index in [1.165, 1.54) is 38.4 Å². The Kier molecular flexibility index (Phi) is 6.92. The van der Waals surface area contributed by atoms with Gasteiger partial charge in [0, 0.05) is 13.1 Å². The number of benzene rings is 2. The maximum Gasteiger partial charge on any atom is 0.418 e. The van der Waals surface area contributed by atoms with Gasteiger partial charge in [-0.05, 0) is 35.9 Å². The molecule has 0 radical (unpaired) electrons. The predicted octanol–water partition coefficient (Wildman–Crippen LogP) is 3.60. The molecule has 2 aromatic carbocycles. The number of ether oxygens (including phenoxy) is 3. The number of nitrogens with one attached hydrogen (secondary N) is 1. The summed E-state index contributed by atoms with van der Waals surface area (Å²) in [6.07, 6.45) is -1.86. The number of carbonyl (C=O) groups excluding carboxylic acids is 2. The molecule has 3 rings (SSSR count). The van der Waals surface area contributed by atoms with Gasteiger partial charge in [0.05, 0.1) is 24.9 Å². The van der Waals surface area contributed by atoms with E-state index in [9.17, 15) is 22.8 Å². The molecule has 0 aliphatic carbocycles. The van der Waals surface area contributed by atoms with Crippen molar-refractivity contribution in [3.05, 3.63) is 53.6 Å². The van der Waals surface area contributed by atoms with Crippen LogP contribution in [0.25, 0.3) is 6.08 Å². The van der Waals surface area contributed by atoms with Crippen LogP contribution >= 0.6 is 0 Å². The number of methoxy groups -OCH3 is 1. The highest BCUT2D eigenvalue weighted by Gasteiger charge is 2.33. The van der Waals surface area contributed by atoms with Gasteiger partial charge in [-0.25, -0.2) is 0 Å². The van der Waals surface area contributed by atoms with Crippen molar-refractivity contribution in [1.29, 1.82) is 0 Å². The Morgan fingerprint density at radius 1 is 1.19 bits per heavy atom. The van der Waals surface area contributed by atoms with Gasteiger partial charge in [-0.1, -0.05) is 12.1 Å². The van der Waals surface area contributed by atoms with Gasteiger partial charge in [-0.3, -0.25) is 9.59 Å². The smallest absolute Gasteiger partial charge is 0.418 e. The number of rotatable bonds is 6. The summed E-state index contributed by atoms with van der Waals surface area (Å²) in [5.41, 5.74) is -0.726. The predicted molar refractivity (Wildman–Crippen MR) is 111 cm³/mol. The number of carbonyl (C=O) groups is 2. The molecule has 1 heterocycles. The molecule has 2 aromatic rings. The van der Waals surface area contributed by atoms with E-state index in [0.717, 1.165) is 17.0 Å². The molecule has 0 aromatic heterocycles. The van der Waals surface area contributed by atoms with Crippen molar-refractivity contribution in [2.24, 2.45) is 0 Å². The fourth-order valence-electron chi connectivity index (χ4n) is 3.01. The van der Waals surface area contributed by atoms with Gasteiger partial charge >= 0.3 is 6.18 Å².